The summed E-state index contributed by atoms with van der Waals surface area (Å²) in [6.07, 6.45) is 1.71. The Hall–Kier alpha value is -1.92. The number of hydrogen-bond acceptors (Lipinski definition) is 5. The minimum atomic E-state index is -0.164. The van der Waals surface area contributed by atoms with E-state index >= 15 is 0 Å². The number of amides is 1. The third kappa shape index (κ3) is 4.30. The molecule has 0 bridgehead atoms. The van der Waals surface area contributed by atoms with E-state index < -0.39 is 0 Å². The fourth-order valence-corrected chi connectivity index (χ4v) is 3.52. The number of primary amides is 1. The summed E-state index contributed by atoms with van der Waals surface area (Å²) in [7, 11) is 0. The van der Waals surface area contributed by atoms with Crippen LogP contribution in [0.4, 0.5) is 10.8 Å². The highest BCUT2D eigenvalue weighted by Gasteiger charge is 2.23. The fourth-order valence-electron chi connectivity index (χ4n) is 2.80. The van der Waals surface area contributed by atoms with Gasteiger partial charge in [0.2, 0.25) is 5.91 Å². The maximum Gasteiger partial charge on any atom is 0.220 e. The predicted molar refractivity (Wildman–Crippen MR) is 93.8 cm³/mol. The van der Waals surface area contributed by atoms with Gasteiger partial charge >= 0.3 is 0 Å². The van der Waals surface area contributed by atoms with E-state index in [-0.39, 0.29) is 11.8 Å². The normalized spacial score (nSPS) is 16.4. The van der Waals surface area contributed by atoms with Crippen LogP contribution in [0.3, 0.4) is 0 Å². The van der Waals surface area contributed by atoms with Crippen molar-refractivity contribution in [3.8, 4) is 0 Å². The molecule has 0 aliphatic carbocycles. The number of nitrogens with two attached hydrogens (primary N) is 1. The average Bonchev–Trinajstić information content (AvgIpc) is 2.97. The number of carbonyl (C=O) groups is 1. The number of thiazole rings is 1. The van der Waals surface area contributed by atoms with Gasteiger partial charge in [-0.05, 0) is 45.0 Å². The monoisotopic (exact) mass is 330 g/mol. The van der Waals surface area contributed by atoms with Crippen LogP contribution in [0.5, 0.6) is 0 Å². The summed E-state index contributed by atoms with van der Waals surface area (Å²) in [5.74, 6) is -0.122. The van der Waals surface area contributed by atoms with Gasteiger partial charge in [-0.25, -0.2) is 4.98 Å². The Morgan fingerprint density at radius 2 is 2.04 bits per heavy atom. The molecule has 1 aromatic carbocycles. The van der Waals surface area contributed by atoms with Crippen LogP contribution in [0, 0.1) is 12.8 Å². The summed E-state index contributed by atoms with van der Waals surface area (Å²) >= 11 is 1.62. The van der Waals surface area contributed by atoms with Crippen molar-refractivity contribution in [1.29, 1.82) is 0 Å². The molecule has 1 amide bonds. The maximum atomic E-state index is 11.2. The molecular weight excluding hydrogens is 308 g/mol. The van der Waals surface area contributed by atoms with Crippen LogP contribution in [-0.4, -0.2) is 28.9 Å². The van der Waals surface area contributed by atoms with Gasteiger partial charge in [-0.1, -0.05) is 17.7 Å². The van der Waals surface area contributed by atoms with Crippen LogP contribution in [0.1, 0.15) is 24.1 Å². The Bertz CT molecular complexity index is 659. The van der Waals surface area contributed by atoms with E-state index in [4.69, 9.17) is 5.73 Å². The SMILES string of the molecule is Cc1ccc(Nc2nc(CN3CCC(C(N)=O)CC3)cs2)cc1. The number of benzene rings is 1. The van der Waals surface area contributed by atoms with Crippen LogP contribution in [0.25, 0.3) is 0 Å². The van der Waals surface area contributed by atoms with Crippen molar-refractivity contribution in [2.75, 3.05) is 18.4 Å². The molecule has 23 heavy (non-hydrogen) atoms. The molecule has 1 saturated heterocycles. The summed E-state index contributed by atoms with van der Waals surface area (Å²) < 4.78 is 0. The lowest BCUT2D eigenvalue weighted by Crippen LogP contribution is -2.38. The smallest absolute Gasteiger partial charge is 0.220 e. The van der Waals surface area contributed by atoms with Crippen LogP contribution >= 0.6 is 11.3 Å². The van der Waals surface area contributed by atoms with Gasteiger partial charge in [0.25, 0.3) is 0 Å². The second kappa shape index (κ2) is 7.10. The highest BCUT2D eigenvalue weighted by molar-refractivity contribution is 7.13. The Morgan fingerprint density at radius 1 is 1.35 bits per heavy atom. The number of piperidine rings is 1. The second-order valence-corrected chi connectivity index (χ2v) is 6.95. The quantitative estimate of drug-likeness (QED) is 0.884. The molecule has 0 spiro atoms. The first-order valence-electron chi connectivity index (χ1n) is 7.90. The van der Waals surface area contributed by atoms with E-state index in [0.717, 1.165) is 49.0 Å². The van der Waals surface area contributed by atoms with Gasteiger partial charge in [-0.3, -0.25) is 9.69 Å². The molecule has 0 atom stereocenters. The highest BCUT2D eigenvalue weighted by Crippen LogP contribution is 2.23. The maximum absolute atomic E-state index is 11.2. The minimum Gasteiger partial charge on any atom is -0.369 e. The molecule has 5 nitrogen and oxygen atoms in total. The van der Waals surface area contributed by atoms with Crippen molar-refractivity contribution in [3.63, 3.8) is 0 Å². The summed E-state index contributed by atoms with van der Waals surface area (Å²) in [5.41, 5.74) is 8.75. The Labute approximate surface area is 140 Å². The van der Waals surface area contributed by atoms with Crippen LogP contribution in [0.2, 0.25) is 0 Å². The molecule has 1 aromatic heterocycles. The van der Waals surface area contributed by atoms with Crippen molar-refractivity contribution in [1.82, 2.24) is 9.88 Å². The molecule has 2 aromatic rings. The first-order chi connectivity index (χ1) is 11.1. The number of aromatic nitrogens is 1. The van der Waals surface area contributed by atoms with E-state index in [1.165, 1.54) is 5.56 Å². The van der Waals surface area contributed by atoms with Crippen LogP contribution in [-0.2, 0) is 11.3 Å². The molecule has 1 aliphatic rings. The molecule has 3 N–H and O–H groups in total. The van der Waals surface area contributed by atoms with Crippen molar-refractivity contribution >= 4 is 28.1 Å². The van der Waals surface area contributed by atoms with Gasteiger partial charge in [-0.15, -0.1) is 11.3 Å². The molecule has 0 unspecified atom stereocenters. The third-order valence-electron chi connectivity index (χ3n) is 4.23. The average molecular weight is 330 g/mol. The number of aryl methyl sites for hydroxylation is 1. The van der Waals surface area contributed by atoms with E-state index in [9.17, 15) is 4.79 Å². The lowest BCUT2D eigenvalue weighted by Gasteiger charge is -2.29. The molecular formula is C17H22N4OS. The third-order valence-corrected chi connectivity index (χ3v) is 5.04. The van der Waals surface area contributed by atoms with Crippen molar-refractivity contribution in [3.05, 3.63) is 40.9 Å². The zero-order valence-electron chi connectivity index (χ0n) is 13.3. The lowest BCUT2D eigenvalue weighted by molar-refractivity contribution is -0.123. The summed E-state index contributed by atoms with van der Waals surface area (Å²) in [6.45, 7) is 4.72. The summed E-state index contributed by atoms with van der Waals surface area (Å²) in [6, 6.07) is 8.29. The topological polar surface area (TPSA) is 71.2 Å². The number of likely N-dealkylation sites (tertiary alicyclic amines) is 1. The Morgan fingerprint density at radius 3 is 2.70 bits per heavy atom. The van der Waals surface area contributed by atoms with Crippen molar-refractivity contribution < 1.29 is 4.79 Å². The Balaban J connectivity index is 1.53. The fraction of sp³-hybridized carbons (Fsp3) is 0.412. The largest absolute Gasteiger partial charge is 0.369 e. The van der Waals surface area contributed by atoms with E-state index in [1.807, 2.05) is 0 Å². The lowest BCUT2D eigenvalue weighted by atomic mass is 9.96. The van der Waals surface area contributed by atoms with Gasteiger partial charge in [-0.2, -0.15) is 0 Å². The number of nitrogens with one attached hydrogen (secondary N) is 1. The minimum absolute atomic E-state index is 0.0421. The zero-order chi connectivity index (χ0) is 16.2. The van der Waals surface area contributed by atoms with Crippen LogP contribution in [0.15, 0.2) is 29.6 Å². The van der Waals surface area contributed by atoms with Gasteiger partial charge in [0.15, 0.2) is 5.13 Å². The van der Waals surface area contributed by atoms with Crippen molar-refractivity contribution in [2.24, 2.45) is 11.7 Å². The standard InChI is InChI=1S/C17H22N4OS/c1-12-2-4-14(5-3-12)19-17-20-15(11-23-17)10-21-8-6-13(7-9-21)16(18)22/h2-5,11,13H,6-10H2,1H3,(H2,18,22)(H,19,20). The van der Waals surface area contributed by atoms with Gasteiger partial charge < -0.3 is 11.1 Å². The molecule has 0 saturated carbocycles. The molecule has 122 valence electrons. The van der Waals surface area contributed by atoms with Crippen molar-refractivity contribution in [2.45, 2.75) is 26.3 Å². The molecule has 0 radical (unpaired) electrons. The summed E-state index contributed by atoms with van der Waals surface area (Å²) in [5, 5.41) is 6.35. The number of carbonyl (C=O) groups excluding carboxylic acids is 1. The molecule has 1 aliphatic heterocycles. The first-order valence-corrected chi connectivity index (χ1v) is 8.78. The first kappa shape index (κ1) is 16.0. The van der Waals surface area contributed by atoms with E-state index in [2.05, 4.69) is 51.8 Å². The number of hydrogen-bond donors (Lipinski definition) is 2. The number of rotatable bonds is 5. The molecule has 2 heterocycles. The van der Waals surface area contributed by atoms with Gasteiger partial charge in [0.1, 0.15) is 0 Å². The predicted octanol–water partition coefficient (Wildman–Crippen LogP) is 2.89. The number of nitrogens with zero attached hydrogens (tertiary/aromatic N) is 2. The molecule has 3 rings (SSSR count). The second-order valence-electron chi connectivity index (χ2n) is 6.09. The number of anilines is 2. The van der Waals surface area contributed by atoms with E-state index in [1.54, 1.807) is 11.3 Å². The summed E-state index contributed by atoms with van der Waals surface area (Å²) in [4.78, 5) is 18.2. The molecule has 1 fully saturated rings. The zero-order valence-corrected chi connectivity index (χ0v) is 14.1. The Kier molecular flexibility index (Phi) is 4.93. The van der Waals surface area contributed by atoms with Crippen LogP contribution < -0.4 is 11.1 Å². The van der Waals surface area contributed by atoms with Gasteiger partial charge in [0, 0.05) is 23.5 Å². The van der Waals surface area contributed by atoms with E-state index in [0.29, 0.717) is 0 Å². The van der Waals surface area contributed by atoms with Gasteiger partial charge in [0.05, 0.1) is 5.69 Å². The highest BCUT2D eigenvalue weighted by atomic mass is 32.1. The molecule has 6 heteroatoms.